The predicted octanol–water partition coefficient (Wildman–Crippen LogP) is 0.535. The maximum atomic E-state index is 11.1. The van der Waals surface area contributed by atoms with Gasteiger partial charge >= 0.3 is 0 Å². The molecule has 1 unspecified atom stereocenters. The quantitative estimate of drug-likeness (QED) is 0.433. The molecule has 0 saturated heterocycles. The van der Waals surface area contributed by atoms with Crippen molar-refractivity contribution >= 4 is 5.91 Å². The second-order valence-corrected chi connectivity index (χ2v) is 3.85. The molecule has 0 aromatic carbocycles. The van der Waals surface area contributed by atoms with E-state index in [-0.39, 0.29) is 5.92 Å². The fourth-order valence-electron chi connectivity index (χ4n) is 1.51. The van der Waals surface area contributed by atoms with Gasteiger partial charge in [-0.2, -0.15) is 0 Å². The van der Waals surface area contributed by atoms with Gasteiger partial charge in [0.2, 0.25) is 5.91 Å². The summed E-state index contributed by atoms with van der Waals surface area (Å²) in [5.74, 6) is -1.16. The molecule has 0 fully saturated rings. The zero-order valence-electron chi connectivity index (χ0n) is 7.96. The lowest BCUT2D eigenvalue weighted by atomic mass is 9.81. The number of amides is 1. The molecule has 0 rings (SSSR count). The molecule has 0 aliphatic rings. The van der Waals surface area contributed by atoms with E-state index in [1.807, 2.05) is 13.8 Å². The highest BCUT2D eigenvalue weighted by Gasteiger charge is 2.35. The molecule has 0 aromatic rings. The molecular weight excluding hydrogens is 158 g/mol. The zero-order chi connectivity index (χ0) is 9.94. The number of carbonyl (C=O) groups is 1. The van der Waals surface area contributed by atoms with E-state index >= 15 is 0 Å². The summed E-state index contributed by atoms with van der Waals surface area (Å²) < 4.78 is 0. The topological polar surface area (TPSA) is 69.6 Å². The van der Waals surface area contributed by atoms with Crippen molar-refractivity contribution in [2.75, 3.05) is 0 Å². The third-order valence-electron chi connectivity index (χ3n) is 1.82. The number of rotatable bonds is 3. The summed E-state index contributed by atoms with van der Waals surface area (Å²) in [6.45, 7) is 6.73. The summed E-state index contributed by atoms with van der Waals surface area (Å²) in [6, 6.07) is 0. The Labute approximate surface area is 72.5 Å². The number of hydrogen-bond acceptors (Lipinski definition) is 3. The van der Waals surface area contributed by atoms with Crippen LogP contribution in [0.3, 0.4) is 0 Å². The lowest BCUT2D eigenvalue weighted by molar-refractivity contribution is -0.143. The Morgan fingerprint density at radius 2 is 1.83 bits per heavy atom. The Kier molecular flexibility index (Phi) is 3.67. The van der Waals surface area contributed by atoms with Gasteiger partial charge in [-0.3, -0.25) is 10.0 Å². The summed E-state index contributed by atoms with van der Waals surface area (Å²) in [5, 5.41) is 18.0. The maximum Gasteiger partial charge on any atom is 0.249 e. The lowest BCUT2D eigenvalue weighted by Crippen LogP contribution is -2.45. The Hall–Kier alpha value is -0.610. The van der Waals surface area contributed by atoms with E-state index in [0.29, 0.717) is 0 Å². The third-order valence-corrected chi connectivity index (χ3v) is 1.82. The van der Waals surface area contributed by atoms with Crippen LogP contribution in [-0.4, -0.2) is 21.8 Å². The van der Waals surface area contributed by atoms with Crippen LogP contribution in [0.5, 0.6) is 0 Å². The van der Waals surface area contributed by atoms with Crippen LogP contribution in [0.2, 0.25) is 0 Å². The van der Waals surface area contributed by atoms with Crippen LogP contribution in [0.15, 0.2) is 0 Å². The third kappa shape index (κ3) is 2.79. The fraction of sp³-hybridized carbons (Fsp3) is 0.875. The van der Waals surface area contributed by atoms with Gasteiger partial charge < -0.3 is 5.11 Å². The minimum Gasteiger partial charge on any atom is -0.390 e. The van der Waals surface area contributed by atoms with Crippen molar-refractivity contribution in [3.63, 3.8) is 0 Å². The summed E-state index contributed by atoms with van der Waals surface area (Å²) in [7, 11) is 0. The smallest absolute Gasteiger partial charge is 0.249 e. The van der Waals surface area contributed by atoms with Crippen molar-refractivity contribution in [3.8, 4) is 0 Å². The SMILES string of the molecule is CC(C)C(C(=O)NO)C(C)(C)O. The molecule has 0 heterocycles. The van der Waals surface area contributed by atoms with Crippen molar-refractivity contribution in [2.45, 2.75) is 33.3 Å². The van der Waals surface area contributed by atoms with E-state index in [0.717, 1.165) is 0 Å². The van der Waals surface area contributed by atoms with Gasteiger partial charge in [0.25, 0.3) is 0 Å². The largest absolute Gasteiger partial charge is 0.390 e. The molecule has 0 aromatic heterocycles. The molecule has 0 aliphatic carbocycles. The minimum atomic E-state index is -1.11. The van der Waals surface area contributed by atoms with Crippen LogP contribution in [0, 0.1) is 11.8 Å². The molecule has 1 amide bonds. The van der Waals surface area contributed by atoms with Crippen molar-refractivity contribution in [2.24, 2.45) is 11.8 Å². The number of aliphatic hydroxyl groups is 1. The number of hydrogen-bond donors (Lipinski definition) is 3. The van der Waals surface area contributed by atoms with Gasteiger partial charge in [-0.1, -0.05) is 13.8 Å². The monoisotopic (exact) mass is 175 g/mol. The average molecular weight is 175 g/mol. The molecular formula is C8H17NO3. The Bertz CT molecular complexity index is 160. The maximum absolute atomic E-state index is 11.1. The van der Waals surface area contributed by atoms with Crippen LogP contribution < -0.4 is 5.48 Å². The molecule has 4 heteroatoms. The van der Waals surface area contributed by atoms with E-state index < -0.39 is 17.4 Å². The Balaban J connectivity index is 4.56. The summed E-state index contributed by atoms with van der Waals surface area (Å²) in [5.41, 5.74) is 0.444. The number of nitrogens with one attached hydrogen (secondary N) is 1. The van der Waals surface area contributed by atoms with Crippen molar-refractivity contribution < 1.29 is 15.1 Å². The van der Waals surface area contributed by atoms with Crippen LogP contribution in [0.1, 0.15) is 27.7 Å². The van der Waals surface area contributed by atoms with Gasteiger partial charge in [0.15, 0.2) is 0 Å². The van der Waals surface area contributed by atoms with Crippen LogP contribution in [-0.2, 0) is 4.79 Å². The number of carbonyl (C=O) groups excluding carboxylic acids is 1. The van der Waals surface area contributed by atoms with Gasteiger partial charge in [0, 0.05) is 0 Å². The first-order valence-corrected chi connectivity index (χ1v) is 3.97. The molecule has 0 radical (unpaired) electrons. The molecule has 12 heavy (non-hydrogen) atoms. The van der Waals surface area contributed by atoms with Gasteiger partial charge in [-0.05, 0) is 19.8 Å². The van der Waals surface area contributed by atoms with Crippen molar-refractivity contribution in [1.29, 1.82) is 0 Å². The van der Waals surface area contributed by atoms with Crippen molar-refractivity contribution in [1.82, 2.24) is 5.48 Å². The van der Waals surface area contributed by atoms with E-state index in [1.165, 1.54) is 0 Å². The van der Waals surface area contributed by atoms with Gasteiger partial charge in [-0.25, -0.2) is 5.48 Å². The van der Waals surface area contributed by atoms with Gasteiger partial charge in [0.05, 0.1) is 11.5 Å². The molecule has 0 aliphatic heterocycles. The van der Waals surface area contributed by atoms with E-state index in [1.54, 1.807) is 19.3 Å². The zero-order valence-corrected chi connectivity index (χ0v) is 7.96. The molecule has 0 bridgehead atoms. The summed E-state index contributed by atoms with van der Waals surface area (Å²) >= 11 is 0. The second-order valence-electron chi connectivity index (χ2n) is 3.85. The summed E-state index contributed by atoms with van der Waals surface area (Å²) in [4.78, 5) is 11.1. The first kappa shape index (κ1) is 11.4. The fourth-order valence-corrected chi connectivity index (χ4v) is 1.51. The van der Waals surface area contributed by atoms with E-state index in [2.05, 4.69) is 0 Å². The Morgan fingerprint density at radius 3 is 1.92 bits per heavy atom. The average Bonchev–Trinajstić information content (AvgIpc) is 1.83. The normalized spacial score (nSPS) is 14.6. The number of hydroxylamine groups is 1. The van der Waals surface area contributed by atoms with Crippen molar-refractivity contribution in [3.05, 3.63) is 0 Å². The van der Waals surface area contributed by atoms with Crippen LogP contribution in [0.4, 0.5) is 0 Å². The van der Waals surface area contributed by atoms with E-state index in [9.17, 15) is 9.90 Å². The standard InChI is InChI=1S/C8H17NO3/c1-5(2)6(7(10)9-12)8(3,4)11/h5-6,11-12H,1-4H3,(H,9,10). The van der Waals surface area contributed by atoms with Gasteiger partial charge in [-0.15, -0.1) is 0 Å². The minimum absolute atomic E-state index is 0.0165. The first-order valence-electron chi connectivity index (χ1n) is 3.97. The second kappa shape index (κ2) is 3.87. The van der Waals surface area contributed by atoms with Gasteiger partial charge in [0.1, 0.15) is 0 Å². The molecule has 3 N–H and O–H groups in total. The Morgan fingerprint density at radius 1 is 1.42 bits per heavy atom. The first-order chi connectivity index (χ1) is 5.30. The highest BCUT2D eigenvalue weighted by molar-refractivity contribution is 5.78. The highest BCUT2D eigenvalue weighted by Crippen LogP contribution is 2.24. The molecule has 0 spiro atoms. The highest BCUT2D eigenvalue weighted by atomic mass is 16.5. The lowest BCUT2D eigenvalue weighted by Gasteiger charge is -2.30. The predicted molar refractivity (Wildman–Crippen MR) is 44.6 cm³/mol. The van der Waals surface area contributed by atoms with Crippen LogP contribution >= 0.6 is 0 Å². The molecule has 0 saturated carbocycles. The molecule has 72 valence electrons. The summed E-state index contributed by atoms with van der Waals surface area (Å²) in [6.07, 6.45) is 0. The van der Waals surface area contributed by atoms with E-state index in [4.69, 9.17) is 5.21 Å². The molecule has 4 nitrogen and oxygen atoms in total. The molecule has 1 atom stereocenters. The van der Waals surface area contributed by atoms with Crippen LogP contribution in [0.25, 0.3) is 0 Å².